The third-order valence-corrected chi connectivity index (χ3v) is 3.63. The predicted octanol–water partition coefficient (Wildman–Crippen LogP) is 2.91. The van der Waals surface area contributed by atoms with Crippen LogP contribution in [0.4, 0.5) is 0 Å². The lowest BCUT2D eigenvalue weighted by Crippen LogP contribution is -2.38. The van der Waals surface area contributed by atoms with Gasteiger partial charge in [0.2, 0.25) is 0 Å². The Morgan fingerprint density at radius 2 is 1.95 bits per heavy atom. The summed E-state index contributed by atoms with van der Waals surface area (Å²) in [6.45, 7) is 12.1. The Hall–Kier alpha value is -0.900. The zero-order valence-corrected chi connectivity index (χ0v) is 13.6. The van der Waals surface area contributed by atoms with Gasteiger partial charge in [-0.2, -0.15) is 0 Å². The van der Waals surface area contributed by atoms with Crippen LogP contribution in [0.1, 0.15) is 36.6 Å². The van der Waals surface area contributed by atoms with E-state index in [1.807, 2.05) is 0 Å². The molecule has 0 aromatic heterocycles. The van der Waals surface area contributed by atoms with E-state index in [0.717, 1.165) is 19.7 Å². The second-order valence-electron chi connectivity index (χ2n) is 5.99. The molecule has 0 aliphatic carbocycles. The Bertz CT molecular complexity index is 404. The van der Waals surface area contributed by atoms with Gasteiger partial charge in [-0.15, -0.1) is 0 Å². The molecule has 3 heteroatoms. The molecule has 1 rings (SSSR count). The first-order valence-electron chi connectivity index (χ1n) is 7.49. The summed E-state index contributed by atoms with van der Waals surface area (Å²) in [6.07, 6.45) is 0. The SMILES string of the molecule is COCCN(CC(C)C)C(CN)c1ccc(C)cc1C. The first kappa shape index (κ1) is 17.2. The lowest BCUT2D eigenvalue weighted by Gasteiger charge is -2.33. The number of hydrogen-bond acceptors (Lipinski definition) is 3. The summed E-state index contributed by atoms with van der Waals surface area (Å²) >= 11 is 0. The molecule has 0 aliphatic heterocycles. The van der Waals surface area contributed by atoms with E-state index < -0.39 is 0 Å². The molecule has 114 valence electrons. The molecule has 0 saturated heterocycles. The van der Waals surface area contributed by atoms with Gasteiger partial charge < -0.3 is 10.5 Å². The number of nitrogens with two attached hydrogens (primary N) is 1. The Morgan fingerprint density at radius 3 is 2.45 bits per heavy atom. The molecule has 1 unspecified atom stereocenters. The van der Waals surface area contributed by atoms with Crippen molar-refractivity contribution in [3.05, 3.63) is 34.9 Å². The van der Waals surface area contributed by atoms with Gasteiger partial charge in [0.15, 0.2) is 0 Å². The summed E-state index contributed by atoms with van der Waals surface area (Å²) in [4.78, 5) is 2.45. The van der Waals surface area contributed by atoms with Crippen molar-refractivity contribution in [2.24, 2.45) is 11.7 Å². The highest BCUT2D eigenvalue weighted by Gasteiger charge is 2.21. The zero-order valence-electron chi connectivity index (χ0n) is 13.6. The minimum absolute atomic E-state index is 0.271. The van der Waals surface area contributed by atoms with Crippen LogP contribution >= 0.6 is 0 Å². The first-order chi connectivity index (χ1) is 9.49. The molecule has 0 fully saturated rings. The molecule has 1 atom stereocenters. The first-order valence-corrected chi connectivity index (χ1v) is 7.49. The predicted molar refractivity (Wildman–Crippen MR) is 86.0 cm³/mol. The summed E-state index contributed by atoms with van der Waals surface area (Å²) in [6, 6.07) is 6.91. The molecular weight excluding hydrogens is 248 g/mol. The highest BCUT2D eigenvalue weighted by molar-refractivity contribution is 5.33. The second-order valence-corrected chi connectivity index (χ2v) is 5.99. The van der Waals surface area contributed by atoms with Crippen molar-refractivity contribution >= 4 is 0 Å². The van der Waals surface area contributed by atoms with Crippen molar-refractivity contribution in [3.63, 3.8) is 0 Å². The molecule has 0 heterocycles. The average molecular weight is 278 g/mol. The van der Waals surface area contributed by atoms with E-state index in [9.17, 15) is 0 Å². The minimum Gasteiger partial charge on any atom is -0.383 e. The molecule has 20 heavy (non-hydrogen) atoms. The van der Waals surface area contributed by atoms with E-state index in [-0.39, 0.29) is 6.04 Å². The van der Waals surface area contributed by atoms with Crippen molar-refractivity contribution < 1.29 is 4.74 Å². The van der Waals surface area contributed by atoms with E-state index >= 15 is 0 Å². The fourth-order valence-corrected chi connectivity index (χ4v) is 2.72. The van der Waals surface area contributed by atoms with E-state index in [2.05, 4.69) is 50.8 Å². The highest BCUT2D eigenvalue weighted by atomic mass is 16.5. The standard InChI is InChI=1S/C17H30N2O/c1-13(2)12-19(8-9-20-5)17(11-18)16-7-6-14(3)10-15(16)4/h6-7,10,13,17H,8-9,11-12,18H2,1-5H3. The Morgan fingerprint density at radius 1 is 1.25 bits per heavy atom. The Labute approximate surface area is 124 Å². The maximum absolute atomic E-state index is 6.08. The van der Waals surface area contributed by atoms with Crippen molar-refractivity contribution in [1.82, 2.24) is 4.90 Å². The van der Waals surface area contributed by atoms with Crippen LogP contribution in [0, 0.1) is 19.8 Å². The average Bonchev–Trinajstić information content (AvgIpc) is 2.38. The monoisotopic (exact) mass is 278 g/mol. The molecule has 0 saturated carbocycles. The fourth-order valence-electron chi connectivity index (χ4n) is 2.72. The van der Waals surface area contributed by atoms with Crippen LogP contribution in [0.25, 0.3) is 0 Å². The largest absolute Gasteiger partial charge is 0.383 e. The molecule has 2 N–H and O–H groups in total. The van der Waals surface area contributed by atoms with E-state index in [1.165, 1.54) is 16.7 Å². The van der Waals surface area contributed by atoms with Gasteiger partial charge in [-0.1, -0.05) is 37.6 Å². The van der Waals surface area contributed by atoms with E-state index in [4.69, 9.17) is 10.5 Å². The van der Waals surface area contributed by atoms with Crippen LogP contribution in [-0.4, -0.2) is 38.3 Å². The maximum Gasteiger partial charge on any atom is 0.0589 e. The van der Waals surface area contributed by atoms with Gasteiger partial charge in [-0.3, -0.25) is 4.90 Å². The third-order valence-electron chi connectivity index (χ3n) is 3.63. The molecule has 1 aromatic rings. The molecule has 0 radical (unpaired) electrons. The quantitative estimate of drug-likeness (QED) is 0.794. The van der Waals surface area contributed by atoms with Crippen LogP contribution < -0.4 is 5.73 Å². The molecule has 0 bridgehead atoms. The van der Waals surface area contributed by atoms with Gasteiger partial charge in [0.25, 0.3) is 0 Å². The van der Waals surface area contributed by atoms with Crippen molar-refractivity contribution in [1.29, 1.82) is 0 Å². The number of methoxy groups -OCH3 is 1. The maximum atomic E-state index is 6.08. The summed E-state index contributed by atoms with van der Waals surface area (Å²) in [7, 11) is 1.75. The lowest BCUT2D eigenvalue weighted by molar-refractivity contribution is 0.111. The number of benzene rings is 1. The Balaban J connectivity index is 2.98. The summed E-state index contributed by atoms with van der Waals surface area (Å²) < 4.78 is 5.25. The summed E-state index contributed by atoms with van der Waals surface area (Å²) in [5, 5.41) is 0. The topological polar surface area (TPSA) is 38.5 Å². The third kappa shape index (κ3) is 4.89. The summed E-state index contributed by atoms with van der Waals surface area (Å²) in [5.41, 5.74) is 10.0. The van der Waals surface area contributed by atoms with Crippen LogP contribution in [0.3, 0.4) is 0 Å². The van der Waals surface area contributed by atoms with Crippen molar-refractivity contribution in [2.45, 2.75) is 33.7 Å². The van der Waals surface area contributed by atoms with Gasteiger partial charge in [-0.05, 0) is 30.9 Å². The van der Waals surface area contributed by atoms with Gasteiger partial charge >= 0.3 is 0 Å². The smallest absolute Gasteiger partial charge is 0.0589 e. The number of ether oxygens (including phenoxy) is 1. The van der Waals surface area contributed by atoms with E-state index in [0.29, 0.717) is 12.5 Å². The zero-order chi connectivity index (χ0) is 15.1. The normalized spacial score (nSPS) is 13.2. The number of aryl methyl sites for hydroxylation is 2. The van der Waals surface area contributed by atoms with Crippen LogP contribution in [0.5, 0.6) is 0 Å². The molecule has 0 amide bonds. The fraction of sp³-hybridized carbons (Fsp3) is 0.647. The molecule has 3 nitrogen and oxygen atoms in total. The highest BCUT2D eigenvalue weighted by Crippen LogP contribution is 2.24. The number of hydrogen-bond donors (Lipinski definition) is 1. The van der Waals surface area contributed by atoms with Crippen LogP contribution in [0.15, 0.2) is 18.2 Å². The second kappa shape index (κ2) is 8.40. The number of rotatable bonds is 8. The molecule has 1 aromatic carbocycles. The van der Waals surface area contributed by atoms with Crippen molar-refractivity contribution in [2.75, 3.05) is 33.4 Å². The minimum atomic E-state index is 0.271. The van der Waals surface area contributed by atoms with Gasteiger partial charge in [0.1, 0.15) is 0 Å². The lowest BCUT2D eigenvalue weighted by atomic mass is 9.97. The van der Waals surface area contributed by atoms with Gasteiger partial charge in [0, 0.05) is 32.8 Å². The molecule has 0 aliphatic rings. The molecular formula is C17H30N2O. The van der Waals surface area contributed by atoms with Crippen LogP contribution in [0.2, 0.25) is 0 Å². The van der Waals surface area contributed by atoms with Crippen molar-refractivity contribution in [3.8, 4) is 0 Å². The van der Waals surface area contributed by atoms with Crippen LogP contribution in [-0.2, 0) is 4.74 Å². The summed E-state index contributed by atoms with van der Waals surface area (Å²) in [5.74, 6) is 0.617. The number of nitrogens with zero attached hydrogens (tertiary/aromatic N) is 1. The van der Waals surface area contributed by atoms with Gasteiger partial charge in [-0.25, -0.2) is 0 Å². The Kier molecular flexibility index (Phi) is 7.20. The van der Waals surface area contributed by atoms with Gasteiger partial charge in [0.05, 0.1) is 6.61 Å². The van der Waals surface area contributed by atoms with E-state index in [1.54, 1.807) is 7.11 Å². The molecule has 0 spiro atoms.